The molecule has 2 N–H and O–H groups in total. The Morgan fingerprint density at radius 1 is 1.12 bits per heavy atom. The first-order chi connectivity index (χ1) is 11.7. The first-order valence-electron chi connectivity index (χ1n) is 8.30. The zero-order valence-corrected chi connectivity index (χ0v) is 15.7. The number of ether oxygens (including phenoxy) is 1. The van der Waals surface area contributed by atoms with Crippen LogP contribution in [0.3, 0.4) is 0 Å². The highest BCUT2D eigenvalue weighted by atomic mass is 35.5. The monoisotopic (exact) mass is 360 g/mol. The topological polar surface area (TPSA) is 55.6 Å². The van der Waals surface area contributed by atoms with Crippen LogP contribution in [0, 0.1) is 0 Å². The number of nitrogens with zero attached hydrogens (tertiary/aromatic N) is 1. The first-order valence-corrected chi connectivity index (χ1v) is 8.67. The fraction of sp³-hybridized carbons (Fsp3) is 0.350. The molecule has 2 aromatic rings. The number of hydrogen-bond donors (Lipinski definition) is 1. The summed E-state index contributed by atoms with van der Waals surface area (Å²) in [6.07, 6.45) is 0.360. The second-order valence-corrected chi connectivity index (χ2v) is 7.46. The van der Waals surface area contributed by atoms with E-state index in [-0.39, 0.29) is 6.09 Å². The minimum Gasteiger partial charge on any atom is -0.444 e. The lowest BCUT2D eigenvalue weighted by Gasteiger charge is -2.27. The van der Waals surface area contributed by atoms with Crippen molar-refractivity contribution in [2.45, 2.75) is 39.3 Å². The molecule has 2 rings (SSSR count). The maximum atomic E-state index is 12.6. The molecule has 0 saturated heterocycles. The third-order valence-electron chi connectivity index (χ3n) is 3.54. The molecular formula is C20H25ClN2O2. The van der Waals surface area contributed by atoms with Crippen molar-refractivity contribution in [1.29, 1.82) is 0 Å². The number of carbonyl (C=O) groups excluding carboxylic acids is 1. The fourth-order valence-electron chi connectivity index (χ4n) is 2.43. The van der Waals surface area contributed by atoms with Crippen LogP contribution < -0.4 is 5.73 Å². The molecule has 0 radical (unpaired) electrons. The van der Waals surface area contributed by atoms with Gasteiger partial charge in [0.2, 0.25) is 0 Å². The summed E-state index contributed by atoms with van der Waals surface area (Å²) in [5.41, 5.74) is 8.03. The number of anilines is 1. The number of nitrogens with two attached hydrogens (primary N) is 1. The van der Waals surface area contributed by atoms with Crippen LogP contribution in [0.2, 0.25) is 5.02 Å². The van der Waals surface area contributed by atoms with Crippen LogP contribution in [0.4, 0.5) is 10.5 Å². The Hall–Kier alpha value is -2.20. The molecule has 0 fully saturated rings. The molecule has 0 aliphatic carbocycles. The van der Waals surface area contributed by atoms with Crippen LogP contribution in [0.1, 0.15) is 31.9 Å². The van der Waals surface area contributed by atoms with Crippen LogP contribution in [-0.2, 0) is 17.7 Å². The van der Waals surface area contributed by atoms with Crippen molar-refractivity contribution in [3.05, 3.63) is 64.7 Å². The third kappa shape index (κ3) is 6.67. The SMILES string of the molecule is CC(C)(C)OC(=O)N(CCc1cccc(Cl)c1)Cc1cccc(N)c1. The second-order valence-electron chi connectivity index (χ2n) is 7.03. The zero-order valence-electron chi connectivity index (χ0n) is 15.0. The molecule has 0 heterocycles. The quantitative estimate of drug-likeness (QED) is 0.771. The van der Waals surface area contributed by atoms with Gasteiger partial charge in [-0.05, 0) is 62.6 Å². The molecule has 0 saturated carbocycles. The molecule has 0 aromatic heterocycles. The van der Waals surface area contributed by atoms with Crippen molar-refractivity contribution in [3.8, 4) is 0 Å². The minimum atomic E-state index is -0.541. The largest absolute Gasteiger partial charge is 0.444 e. The van der Waals surface area contributed by atoms with E-state index in [4.69, 9.17) is 22.1 Å². The molecule has 0 spiro atoms. The average molecular weight is 361 g/mol. The minimum absolute atomic E-state index is 0.336. The fourth-order valence-corrected chi connectivity index (χ4v) is 2.64. The Labute approximate surface area is 154 Å². The molecule has 0 atom stereocenters. The summed E-state index contributed by atoms with van der Waals surface area (Å²) in [6.45, 7) is 6.56. The van der Waals surface area contributed by atoms with E-state index in [1.54, 1.807) is 4.90 Å². The summed E-state index contributed by atoms with van der Waals surface area (Å²) in [4.78, 5) is 14.3. The van der Waals surface area contributed by atoms with Crippen molar-refractivity contribution in [1.82, 2.24) is 4.90 Å². The zero-order chi connectivity index (χ0) is 18.4. The van der Waals surface area contributed by atoms with Gasteiger partial charge in [-0.1, -0.05) is 35.9 Å². The smallest absolute Gasteiger partial charge is 0.410 e. The van der Waals surface area contributed by atoms with Gasteiger partial charge in [-0.25, -0.2) is 4.79 Å². The highest BCUT2D eigenvalue weighted by Gasteiger charge is 2.22. The molecule has 0 bridgehead atoms. The van der Waals surface area contributed by atoms with E-state index in [0.717, 1.165) is 11.1 Å². The highest BCUT2D eigenvalue weighted by Crippen LogP contribution is 2.16. The van der Waals surface area contributed by atoms with E-state index in [2.05, 4.69) is 0 Å². The van der Waals surface area contributed by atoms with Crippen LogP contribution >= 0.6 is 11.6 Å². The summed E-state index contributed by atoms with van der Waals surface area (Å²) in [7, 11) is 0. The Morgan fingerprint density at radius 2 is 1.80 bits per heavy atom. The molecule has 1 amide bonds. The van der Waals surface area contributed by atoms with E-state index >= 15 is 0 Å². The first kappa shape index (κ1) is 19.1. The summed E-state index contributed by atoms with van der Waals surface area (Å²) < 4.78 is 5.54. The highest BCUT2D eigenvalue weighted by molar-refractivity contribution is 6.30. The summed E-state index contributed by atoms with van der Waals surface area (Å²) in [5.74, 6) is 0. The molecule has 5 heteroatoms. The van der Waals surface area contributed by atoms with E-state index in [1.807, 2.05) is 69.3 Å². The molecule has 25 heavy (non-hydrogen) atoms. The Bertz CT molecular complexity index is 726. The van der Waals surface area contributed by atoms with Gasteiger partial charge in [-0.3, -0.25) is 0 Å². The van der Waals surface area contributed by atoms with E-state index < -0.39 is 5.60 Å². The van der Waals surface area contributed by atoms with E-state index in [1.165, 1.54) is 0 Å². The maximum absolute atomic E-state index is 12.6. The van der Waals surface area contributed by atoms with Crippen LogP contribution in [-0.4, -0.2) is 23.1 Å². The van der Waals surface area contributed by atoms with Crippen LogP contribution in [0.15, 0.2) is 48.5 Å². The maximum Gasteiger partial charge on any atom is 0.410 e. The molecular weight excluding hydrogens is 336 g/mol. The lowest BCUT2D eigenvalue weighted by molar-refractivity contribution is 0.0236. The van der Waals surface area contributed by atoms with Crippen LogP contribution in [0.5, 0.6) is 0 Å². The number of hydrogen-bond acceptors (Lipinski definition) is 3. The van der Waals surface area contributed by atoms with Crippen molar-refractivity contribution in [2.24, 2.45) is 0 Å². The van der Waals surface area contributed by atoms with Crippen molar-refractivity contribution in [2.75, 3.05) is 12.3 Å². The predicted molar refractivity (Wildman–Crippen MR) is 103 cm³/mol. The van der Waals surface area contributed by atoms with Gasteiger partial charge in [0.05, 0.1) is 0 Å². The molecule has 0 aliphatic rings. The summed E-state index contributed by atoms with van der Waals surface area (Å²) in [6, 6.07) is 15.2. The number of carbonyl (C=O) groups is 1. The van der Waals surface area contributed by atoms with Crippen molar-refractivity contribution in [3.63, 3.8) is 0 Å². The summed E-state index contributed by atoms with van der Waals surface area (Å²) >= 11 is 6.04. The van der Waals surface area contributed by atoms with E-state index in [0.29, 0.717) is 30.2 Å². The lowest BCUT2D eigenvalue weighted by atomic mass is 10.1. The van der Waals surface area contributed by atoms with Gasteiger partial charge in [-0.15, -0.1) is 0 Å². The van der Waals surface area contributed by atoms with E-state index in [9.17, 15) is 4.79 Å². The van der Waals surface area contributed by atoms with Gasteiger partial charge in [0.25, 0.3) is 0 Å². The third-order valence-corrected chi connectivity index (χ3v) is 3.77. The Balaban J connectivity index is 2.11. The molecule has 0 aliphatic heterocycles. The number of rotatable bonds is 5. The average Bonchev–Trinajstić information content (AvgIpc) is 2.50. The number of halogens is 1. The Kier molecular flexibility index (Phi) is 6.32. The second kappa shape index (κ2) is 8.26. The number of nitrogen functional groups attached to an aromatic ring is 1. The molecule has 0 unspecified atom stereocenters. The molecule has 2 aromatic carbocycles. The number of amides is 1. The van der Waals surface area contributed by atoms with Crippen molar-refractivity contribution >= 4 is 23.4 Å². The van der Waals surface area contributed by atoms with Gasteiger partial charge >= 0.3 is 6.09 Å². The Morgan fingerprint density at radius 3 is 2.44 bits per heavy atom. The van der Waals surface area contributed by atoms with Gasteiger partial charge in [0, 0.05) is 23.8 Å². The molecule has 134 valence electrons. The predicted octanol–water partition coefficient (Wildman–Crippen LogP) is 4.90. The van der Waals surface area contributed by atoms with Gasteiger partial charge in [0.15, 0.2) is 0 Å². The molecule has 4 nitrogen and oxygen atoms in total. The normalized spacial score (nSPS) is 11.2. The summed E-state index contributed by atoms with van der Waals surface area (Å²) in [5, 5.41) is 0.692. The van der Waals surface area contributed by atoms with Gasteiger partial charge < -0.3 is 15.4 Å². The lowest BCUT2D eigenvalue weighted by Crippen LogP contribution is -2.37. The standard InChI is InChI=1S/C20H25ClN2O2/c1-20(2,3)25-19(24)23(14-16-7-5-9-18(22)13-16)11-10-15-6-4-8-17(21)12-15/h4-9,12-13H,10-11,14,22H2,1-3H3. The van der Waals surface area contributed by atoms with Gasteiger partial charge in [0.1, 0.15) is 5.60 Å². The van der Waals surface area contributed by atoms with Crippen LogP contribution in [0.25, 0.3) is 0 Å². The van der Waals surface area contributed by atoms with Gasteiger partial charge in [-0.2, -0.15) is 0 Å². The van der Waals surface area contributed by atoms with Crippen molar-refractivity contribution < 1.29 is 9.53 Å². The number of benzene rings is 2.